The molecule has 1 spiro atoms. The highest BCUT2D eigenvalue weighted by atomic mass is 35.5. The Morgan fingerprint density at radius 3 is 2.96 bits per heavy atom. The molecule has 0 aromatic heterocycles. The Labute approximate surface area is 140 Å². The predicted molar refractivity (Wildman–Crippen MR) is 85.0 cm³/mol. The molecule has 1 aromatic rings. The van der Waals surface area contributed by atoms with Crippen molar-refractivity contribution in [3.63, 3.8) is 0 Å². The van der Waals surface area contributed by atoms with Crippen LogP contribution in [-0.2, 0) is 22.5 Å². The maximum atomic E-state index is 11.3. The highest BCUT2D eigenvalue weighted by Gasteiger charge is 2.48. The lowest BCUT2D eigenvalue weighted by Crippen LogP contribution is -2.63. The SMILES string of the molecule is O=C(O)C1CN(Cc2cc(Cl)cc3c2OCC3)C2(CCC2)CO1. The van der Waals surface area contributed by atoms with Crippen LogP contribution in [0.5, 0.6) is 5.75 Å². The van der Waals surface area contributed by atoms with Crippen molar-refractivity contribution in [2.75, 3.05) is 19.8 Å². The van der Waals surface area contributed by atoms with Gasteiger partial charge in [0.05, 0.1) is 13.2 Å². The summed E-state index contributed by atoms with van der Waals surface area (Å²) in [7, 11) is 0. The number of ether oxygens (including phenoxy) is 2. The Morgan fingerprint density at radius 1 is 1.43 bits per heavy atom. The largest absolute Gasteiger partial charge is 0.493 e. The van der Waals surface area contributed by atoms with E-state index in [-0.39, 0.29) is 5.54 Å². The molecular weight excluding hydrogens is 318 g/mol. The maximum Gasteiger partial charge on any atom is 0.334 e. The van der Waals surface area contributed by atoms with Gasteiger partial charge in [-0.3, -0.25) is 4.90 Å². The van der Waals surface area contributed by atoms with Gasteiger partial charge in [-0.05, 0) is 37.0 Å². The molecule has 124 valence electrons. The fourth-order valence-corrected chi connectivity index (χ4v) is 4.15. The summed E-state index contributed by atoms with van der Waals surface area (Å²) >= 11 is 6.25. The first-order chi connectivity index (χ1) is 11.1. The molecule has 0 radical (unpaired) electrons. The number of hydrogen-bond acceptors (Lipinski definition) is 4. The zero-order valence-corrected chi connectivity index (χ0v) is 13.6. The third-order valence-electron chi connectivity index (χ3n) is 5.36. The van der Waals surface area contributed by atoms with Crippen molar-refractivity contribution in [3.8, 4) is 5.75 Å². The second kappa shape index (κ2) is 5.65. The van der Waals surface area contributed by atoms with Crippen molar-refractivity contribution < 1.29 is 19.4 Å². The number of halogens is 1. The quantitative estimate of drug-likeness (QED) is 0.918. The molecular formula is C17H20ClNO4. The topological polar surface area (TPSA) is 59.0 Å². The van der Waals surface area contributed by atoms with E-state index < -0.39 is 12.1 Å². The van der Waals surface area contributed by atoms with Crippen molar-refractivity contribution >= 4 is 17.6 Å². The summed E-state index contributed by atoms with van der Waals surface area (Å²) in [5.41, 5.74) is 2.19. The predicted octanol–water partition coefficient (Wildman–Crippen LogP) is 2.48. The van der Waals surface area contributed by atoms with E-state index in [4.69, 9.17) is 21.1 Å². The number of nitrogens with zero attached hydrogens (tertiary/aromatic N) is 1. The molecule has 1 unspecified atom stereocenters. The lowest BCUT2D eigenvalue weighted by molar-refractivity contribution is -0.178. The fourth-order valence-electron chi connectivity index (χ4n) is 3.89. The molecule has 1 N–H and O–H groups in total. The molecule has 23 heavy (non-hydrogen) atoms. The molecule has 3 aliphatic rings. The number of hydrogen-bond donors (Lipinski definition) is 1. The van der Waals surface area contributed by atoms with Crippen LogP contribution in [0.2, 0.25) is 5.02 Å². The number of morpholine rings is 1. The molecule has 0 amide bonds. The van der Waals surface area contributed by atoms with Gasteiger partial charge in [0.15, 0.2) is 6.10 Å². The van der Waals surface area contributed by atoms with Crippen LogP contribution in [0, 0.1) is 0 Å². The van der Waals surface area contributed by atoms with Gasteiger partial charge in [-0.1, -0.05) is 11.6 Å². The van der Waals surface area contributed by atoms with E-state index in [0.29, 0.717) is 26.3 Å². The number of carboxylic acids is 1. The molecule has 1 aromatic carbocycles. The average molecular weight is 338 g/mol. The highest BCUT2D eigenvalue weighted by Crippen LogP contribution is 2.43. The fraction of sp³-hybridized carbons (Fsp3) is 0.588. The molecule has 1 aliphatic carbocycles. The van der Waals surface area contributed by atoms with Crippen LogP contribution in [0.3, 0.4) is 0 Å². The minimum absolute atomic E-state index is 0.0141. The molecule has 4 rings (SSSR count). The highest BCUT2D eigenvalue weighted by molar-refractivity contribution is 6.30. The molecule has 6 heteroatoms. The Morgan fingerprint density at radius 2 is 2.26 bits per heavy atom. The van der Waals surface area contributed by atoms with Crippen molar-refractivity contribution in [1.29, 1.82) is 0 Å². The molecule has 2 aliphatic heterocycles. The van der Waals surface area contributed by atoms with E-state index >= 15 is 0 Å². The number of benzene rings is 1. The van der Waals surface area contributed by atoms with Crippen LogP contribution >= 0.6 is 11.6 Å². The first-order valence-electron chi connectivity index (χ1n) is 8.11. The third kappa shape index (κ3) is 2.61. The monoisotopic (exact) mass is 337 g/mol. The van der Waals surface area contributed by atoms with Gasteiger partial charge in [-0.15, -0.1) is 0 Å². The van der Waals surface area contributed by atoms with Crippen molar-refractivity contribution in [2.45, 2.75) is 43.9 Å². The second-order valence-corrected chi connectivity index (χ2v) is 7.18. The van der Waals surface area contributed by atoms with E-state index in [1.165, 1.54) is 6.42 Å². The number of carbonyl (C=O) groups is 1. The van der Waals surface area contributed by atoms with Crippen LogP contribution in [0.25, 0.3) is 0 Å². The molecule has 2 fully saturated rings. The van der Waals surface area contributed by atoms with E-state index in [2.05, 4.69) is 4.90 Å². The van der Waals surface area contributed by atoms with Gasteiger partial charge < -0.3 is 14.6 Å². The zero-order chi connectivity index (χ0) is 16.0. The van der Waals surface area contributed by atoms with Gasteiger partial charge in [-0.2, -0.15) is 0 Å². The van der Waals surface area contributed by atoms with E-state index in [1.807, 2.05) is 12.1 Å². The van der Waals surface area contributed by atoms with E-state index in [0.717, 1.165) is 41.2 Å². The van der Waals surface area contributed by atoms with Gasteiger partial charge >= 0.3 is 5.97 Å². The van der Waals surface area contributed by atoms with Crippen molar-refractivity contribution in [3.05, 3.63) is 28.3 Å². The molecule has 5 nitrogen and oxygen atoms in total. The summed E-state index contributed by atoms with van der Waals surface area (Å²) in [6.45, 7) is 2.26. The Kier molecular flexibility index (Phi) is 3.75. The van der Waals surface area contributed by atoms with Crippen molar-refractivity contribution in [1.82, 2.24) is 4.90 Å². The van der Waals surface area contributed by atoms with Crippen molar-refractivity contribution in [2.24, 2.45) is 0 Å². The van der Waals surface area contributed by atoms with Crippen LogP contribution in [0.1, 0.15) is 30.4 Å². The van der Waals surface area contributed by atoms with Gasteiger partial charge in [0.25, 0.3) is 0 Å². The second-order valence-electron chi connectivity index (χ2n) is 6.75. The summed E-state index contributed by atoms with van der Waals surface area (Å²) in [5.74, 6) is 0.0407. The number of rotatable bonds is 3. The summed E-state index contributed by atoms with van der Waals surface area (Å²) < 4.78 is 11.4. The first-order valence-corrected chi connectivity index (χ1v) is 8.49. The Bertz CT molecular complexity index is 644. The van der Waals surface area contributed by atoms with Gasteiger partial charge in [0.2, 0.25) is 0 Å². The standard InChI is InChI=1S/C17H20ClNO4/c18-13-6-11-2-5-22-15(11)12(7-13)8-19-9-14(16(20)21)23-10-17(19)3-1-4-17/h6-7,14H,1-5,8-10H2,(H,20,21). The Hall–Kier alpha value is -1.30. The maximum absolute atomic E-state index is 11.3. The van der Waals surface area contributed by atoms with Crippen LogP contribution in [0.15, 0.2) is 12.1 Å². The molecule has 1 saturated heterocycles. The number of carboxylic acid groups (broad SMARTS) is 1. The van der Waals surface area contributed by atoms with Gasteiger partial charge in [0.1, 0.15) is 5.75 Å². The molecule has 1 saturated carbocycles. The van der Waals surface area contributed by atoms with Gasteiger partial charge in [0, 0.05) is 35.6 Å². The lowest BCUT2D eigenvalue weighted by atomic mass is 9.74. The summed E-state index contributed by atoms with van der Waals surface area (Å²) in [6.07, 6.45) is 3.41. The Balaban J connectivity index is 1.62. The minimum atomic E-state index is -0.892. The minimum Gasteiger partial charge on any atom is -0.493 e. The number of fused-ring (bicyclic) bond motifs is 1. The summed E-state index contributed by atoms with van der Waals surface area (Å²) in [4.78, 5) is 13.6. The average Bonchev–Trinajstić information content (AvgIpc) is 2.93. The molecule has 0 bridgehead atoms. The number of aliphatic carboxylic acids is 1. The normalized spacial score (nSPS) is 25.7. The zero-order valence-electron chi connectivity index (χ0n) is 12.9. The summed E-state index contributed by atoms with van der Waals surface area (Å²) in [6, 6.07) is 3.91. The smallest absolute Gasteiger partial charge is 0.334 e. The summed E-state index contributed by atoms with van der Waals surface area (Å²) in [5, 5.41) is 10.0. The third-order valence-corrected chi connectivity index (χ3v) is 5.57. The first kappa shape index (κ1) is 15.2. The molecule has 1 atom stereocenters. The van der Waals surface area contributed by atoms with Crippen LogP contribution < -0.4 is 4.74 Å². The van der Waals surface area contributed by atoms with Gasteiger partial charge in [-0.25, -0.2) is 4.79 Å². The van der Waals surface area contributed by atoms with E-state index in [9.17, 15) is 9.90 Å². The molecule has 2 heterocycles. The lowest BCUT2D eigenvalue weighted by Gasteiger charge is -2.54. The van der Waals surface area contributed by atoms with Crippen LogP contribution in [-0.4, -0.2) is 47.4 Å². The van der Waals surface area contributed by atoms with E-state index in [1.54, 1.807) is 0 Å². The van der Waals surface area contributed by atoms with Crippen LogP contribution in [0.4, 0.5) is 0 Å².